The summed E-state index contributed by atoms with van der Waals surface area (Å²) in [6.45, 7) is 5.15. The van der Waals surface area contributed by atoms with E-state index in [0.717, 1.165) is 26.2 Å². The van der Waals surface area contributed by atoms with E-state index in [2.05, 4.69) is 10.2 Å². The van der Waals surface area contributed by atoms with Crippen LogP contribution in [0, 0.1) is 6.92 Å². The zero-order valence-corrected chi connectivity index (χ0v) is 7.60. The lowest BCUT2D eigenvalue weighted by atomic mass is 10.4. The van der Waals surface area contributed by atoms with Crippen molar-refractivity contribution in [1.29, 1.82) is 0 Å². The molecule has 0 aromatic carbocycles. The minimum atomic E-state index is 0.602. The average molecular weight is 183 g/mol. The van der Waals surface area contributed by atoms with Crippen molar-refractivity contribution in [2.24, 2.45) is 5.84 Å². The fourth-order valence-electron chi connectivity index (χ4n) is 1.33. The van der Waals surface area contributed by atoms with Crippen molar-refractivity contribution in [2.75, 3.05) is 31.1 Å². The Labute approximate surface area is 76.3 Å². The summed E-state index contributed by atoms with van der Waals surface area (Å²) in [5, 5.41) is 9.51. The number of nitrogens with zero attached hydrogens (tertiary/aromatic N) is 4. The van der Waals surface area contributed by atoms with Gasteiger partial charge in [-0.3, -0.25) is 5.84 Å². The van der Waals surface area contributed by atoms with E-state index in [-0.39, 0.29) is 0 Å². The van der Waals surface area contributed by atoms with Crippen LogP contribution in [0.2, 0.25) is 0 Å². The van der Waals surface area contributed by atoms with Crippen molar-refractivity contribution in [3.05, 3.63) is 5.89 Å². The molecule has 1 aromatic rings. The maximum atomic E-state index is 5.62. The first-order chi connectivity index (χ1) is 6.25. The third kappa shape index (κ3) is 1.78. The average Bonchev–Trinajstić information content (AvgIpc) is 2.53. The number of hydrogen-bond donors (Lipinski definition) is 1. The smallest absolute Gasteiger partial charge is 0.318 e. The number of aryl methyl sites for hydroxylation is 1. The van der Waals surface area contributed by atoms with Crippen molar-refractivity contribution in [2.45, 2.75) is 6.92 Å². The van der Waals surface area contributed by atoms with Gasteiger partial charge in [0, 0.05) is 33.1 Å². The highest BCUT2D eigenvalue weighted by molar-refractivity contribution is 5.24. The molecule has 0 atom stereocenters. The van der Waals surface area contributed by atoms with Crippen LogP contribution in [0.25, 0.3) is 0 Å². The van der Waals surface area contributed by atoms with Gasteiger partial charge in [-0.15, -0.1) is 5.10 Å². The van der Waals surface area contributed by atoms with E-state index < -0.39 is 0 Å². The fourth-order valence-corrected chi connectivity index (χ4v) is 1.33. The lowest BCUT2D eigenvalue weighted by Gasteiger charge is -2.30. The molecule has 0 radical (unpaired) electrons. The molecule has 2 heterocycles. The molecule has 13 heavy (non-hydrogen) atoms. The van der Waals surface area contributed by atoms with Gasteiger partial charge in [-0.2, -0.15) is 0 Å². The topological polar surface area (TPSA) is 71.4 Å². The zero-order valence-electron chi connectivity index (χ0n) is 7.60. The van der Waals surface area contributed by atoms with Gasteiger partial charge in [-0.1, -0.05) is 5.10 Å². The number of hydrogen-bond acceptors (Lipinski definition) is 6. The Bertz CT molecular complexity index is 278. The molecule has 72 valence electrons. The van der Waals surface area contributed by atoms with Crippen LogP contribution in [-0.4, -0.2) is 41.4 Å². The van der Waals surface area contributed by atoms with E-state index in [4.69, 9.17) is 10.3 Å². The first-order valence-electron chi connectivity index (χ1n) is 4.30. The van der Waals surface area contributed by atoms with Crippen LogP contribution in [0.5, 0.6) is 0 Å². The van der Waals surface area contributed by atoms with Gasteiger partial charge in [0.1, 0.15) is 0 Å². The van der Waals surface area contributed by atoms with Crippen LogP contribution in [0.15, 0.2) is 4.42 Å². The van der Waals surface area contributed by atoms with Crippen LogP contribution >= 0.6 is 0 Å². The van der Waals surface area contributed by atoms with Crippen LogP contribution in [0.4, 0.5) is 6.01 Å². The molecule has 0 aliphatic carbocycles. The van der Waals surface area contributed by atoms with E-state index in [1.54, 1.807) is 11.9 Å². The van der Waals surface area contributed by atoms with E-state index in [9.17, 15) is 0 Å². The van der Waals surface area contributed by atoms with Gasteiger partial charge < -0.3 is 9.32 Å². The molecule has 6 heteroatoms. The summed E-state index contributed by atoms with van der Waals surface area (Å²) < 4.78 is 5.30. The molecule has 0 bridgehead atoms. The highest BCUT2D eigenvalue weighted by atomic mass is 16.4. The number of anilines is 1. The number of nitrogens with two attached hydrogens (primary N) is 1. The number of rotatable bonds is 1. The Kier molecular flexibility index (Phi) is 2.15. The highest BCUT2D eigenvalue weighted by Gasteiger charge is 2.18. The van der Waals surface area contributed by atoms with Crippen LogP contribution in [-0.2, 0) is 0 Å². The van der Waals surface area contributed by atoms with Gasteiger partial charge >= 0.3 is 6.01 Å². The Morgan fingerprint density at radius 3 is 2.46 bits per heavy atom. The zero-order chi connectivity index (χ0) is 9.26. The Hall–Kier alpha value is -1.14. The quantitative estimate of drug-likeness (QED) is 0.585. The highest BCUT2D eigenvalue weighted by Crippen LogP contribution is 2.12. The molecule has 2 rings (SSSR count). The van der Waals surface area contributed by atoms with Crippen LogP contribution < -0.4 is 10.7 Å². The standard InChI is InChI=1S/C7H13N5O/c1-6-9-10-7(13-6)11-2-4-12(8)5-3-11/h2-5,8H2,1H3. The molecule has 0 amide bonds. The first kappa shape index (κ1) is 8.46. The van der Waals surface area contributed by atoms with Crippen molar-refractivity contribution in [1.82, 2.24) is 15.2 Å². The van der Waals surface area contributed by atoms with Gasteiger partial charge in [0.2, 0.25) is 5.89 Å². The molecule has 6 nitrogen and oxygen atoms in total. The number of hydrazine groups is 1. The second kappa shape index (κ2) is 3.31. The number of aromatic nitrogens is 2. The molecule has 1 aliphatic heterocycles. The second-order valence-electron chi connectivity index (χ2n) is 3.13. The molecule has 0 unspecified atom stereocenters. The summed E-state index contributed by atoms with van der Waals surface area (Å²) in [6.07, 6.45) is 0. The van der Waals surface area contributed by atoms with E-state index in [1.807, 2.05) is 4.90 Å². The molecule has 1 aromatic heterocycles. The fraction of sp³-hybridized carbons (Fsp3) is 0.714. The lowest BCUT2D eigenvalue weighted by molar-refractivity contribution is 0.260. The molecule has 0 saturated carbocycles. The third-order valence-electron chi connectivity index (χ3n) is 2.10. The predicted octanol–water partition coefficient (Wildman–Crippen LogP) is -0.626. The largest absolute Gasteiger partial charge is 0.408 e. The normalized spacial score (nSPS) is 19.4. The summed E-state index contributed by atoms with van der Waals surface area (Å²) in [5.74, 6) is 6.22. The summed E-state index contributed by atoms with van der Waals surface area (Å²) in [6, 6.07) is 0.602. The van der Waals surface area contributed by atoms with Gasteiger partial charge in [-0.05, 0) is 0 Å². The van der Waals surface area contributed by atoms with Crippen molar-refractivity contribution < 1.29 is 4.42 Å². The molecule has 1 fully saturated rings. The van der Waals surface area contributed by atoms with Crippen molar-refractivity contribution >= 4 is 6.01 Å². The molecule has 0 spiro atoms. The second-order valence-corrected chi connectivity index (χ2v) is 3.13. The van der Waals surface area contributed by atoms with E-state index in [0.29, 0.717) is 11.9 Å². The third-order valence-corrected chi connectivity index (χ3v) is 2.10. The van der Waals surface area contributed by atoms with Crippen LogP contribution in [0.1, 0.15) is 5.89 Å². The number of piperazine rings is 1. The minimum absolute atomic E-state index is 0.602. The van der Waals surface area contributed by atoms with E-state index in [1.165, 1.54) is 0 Å². The molecular weight excluding hydrogens is 170 g/mol. The monoisotopic (exact) mass is 183 g/mol. The maximum Gasteiger partial charge on any atom is 0.318 e. The maximum absolute atomic E-state index is 5.62. The molecular formula is C7H13N5O. The Morgan fingerprint density at radius 2 is 1.92 bits per heavy atom. The van der Waals surface area contributed by atoms with Crippen molar-refractivity contribution in [3.63, 3.8) is 0 Å². The summed E-state index contributed by atoms with van der Waals surface area (Å²) in [4.78, 5) is 2.04. The minimum Gasteiger partial charge on any atom is -0.408 e. The molecule has 2 N–H and O–H groups in total. The summed E-state index contributed by atoms with van der Waals surface area (Å²) in [5.41, 5.74) is 0. The Morgan fingerprint density at radius 1 is 1.23 bits per heavy atom. The summed E-state index contributed by atoms with van der Waals surface area (Å²) >= 11 is 0. The predicted molar refractivity (Wildman–Crippen MR) is 47.0 cm³/mol. The van der Waals surface area contributed by atoms with Crippen molar-refractivity contribution in [3.8, 4) is 0 Å². The Balaban J connectivity index is 2.02. The van der Waals surface area contributed by atoms with E-state index >= 15 is 0 Å². The first-order valence-corrected chi connectivity index (χ1v) is 4.30. The van der Waals surface area contributed by atoms with Gasteiger partial charge in [0.25, 0.3) is 0 Å². The van der Waals surface area contributed by atoms with Gasteiger partial charge in [-0.25, -0.2) is 5.01 Å². The SMILES string of the molecule is Cc1nnc(N2CCN(N)CC2)o1. The molecule has 1 saturated heterocycles. The lowest BCUT2D eigenvalue weighted by Crippen LogP contribution is -2.49. The van der Waals surface area contributed by atoms with Gasteiger partial charge in [0.05, 0.1) is 0 Å². The molecule has 1 aliphatic rings. The summed E-state index contributed by atoms with van der Waals surface area (Å²) in [7, 11) is 0. The van der Waals surface area contributed by atoms with Crippen LogP contribution in [0.3, 0.4) is 0 Å². The van der Waals surface area contributed by atoms with Gasteiger partial charge in [0.15, 0.2) is 0 Å².